The molecule has 4 heteroatoms. The van der Waals surface area contributed by atoms with Gasteiger partial charge in [0.1, 0.15) is 6.29 Å². The molecule has 0 radical (unpaired) electrons. The van der Waals surface area contributed by atoms with Crippen LogP contribution in [0.15, 0.2) is 0 Å². The molecule has 0 aromatic heterocycles. The Hall–Kier alpha value is -1.06. The van der Waals surface area contributed by atoms with Gasteiger partial charge in [0.2, 0.25) is 0 Å². The highest BCUT2D eigenvalue weighted by atomic mass is 16.6. The number of hydrogen-bond acceptors (Lipinski definition) is 2. The smallest absolute Gasteiger partial charge is 0.450 e. The fourth-order valence-corrected chi connectivity index (χ4v) is 1.27. The number of aldehydes is 1. The molecule has 70 valence electrons. The minimum Gasteiger partial charge on any atom is -0.450 e. The van der Waals surface area contributed by atoms with E-state index in [-0.39, 0.29) is 0 Å². The van der Waals surface area contributed by atoms with Crippen LogP contribution in [0.4, 0.5) is 4.79 Å². The molecule has 0 aliphatic heterocycles. The Morgan fingerprint density at radius 3 is 1.83 bits per heavy atom. The zero-order chi connectivity index (χ0) is 9.40. The minimum atomic E-state index is -1.83. The quantitative estimate of drug-likeness (QED) is 0.596. The maximum atomic E-state index is 10.2. The van der Waals surface area contributed by atoms with E-state index in [0.717, 1.165) is 19.1 Å². The van der Waals surface area contributed by atoms with E-state index in [2.05, 4.69) is 0 Å². The third-order valence-electron chi connectivity index (χ3n) is 1.84. The summed E-state index contributed by atoms with van der Waals surface area (Å²) in [6.07, 6.45) is 5.43. The van der Waals surface area contributed by atoms with Gasteiger partial charge in [0.25, 0.3) is 0 Å². The van der Waals surface area contributed by atoms with E-state index in [1.165, 1.54) is 19.3 Å². The van der Waals surface area contributed by atoms with Crippen LogP contribution in [0.5, 0.6) is 0 Å². The molecule has 0 unspecified atom stereocenters. The fourth-order valence-electron chi connectivity index (χ4n) is 1.27. The van der Waals surface area contributed by atoms with Gasteiger partial charge in [-0.05, 0) is 12.8 Å². The first-order chi connectivity index (χ1) is 5.66. The van der Waals surface area contributed by atoms with E-state index < -0.39 is 6.16 Å². The standard InChI is InChI=1S/C7H12O.CH2O3/c8-6-7-4-2-1-3-5-7;2-1(3)4/h6-7H,1-5H2;(H2,2,3,4). The fraction of sp³-hybridized carbons (Fsp3) is 0.750. The van der Waals surface area contributed by atoms with Gasteiger partial charge in [0.05, 0.1) is 0 Å². The molecule has 0 atom stereocenters. The van der Waals surface area contributed by atoms with Crippen molar-refractivity contribution in [1.29, 1.82) is 0 Å². The van der Waals surface area contributed by atoms with E-state index in [9.17, 15) is 4.79 Å². The first-order valence-electron chi connectivity index (χ1n) is 4.04. The summed E-state index contributed by atoms with van der Waals surface area (Å²) in [7, 11) is 0. The minimum absolute atomic E-state index is 0.406. The molecule has 0 spiro atoms. The molecule has 1 aliphatic rings. The third-order valence-corrected chi connectivity index (χ3v) is 1.84. The Balaban J connectivity index is 0.000000261. The van der Waals surface area contributed by atoms with Gasteiger partial charge in [-0.25, -0.2) is 4.79 Å². The molecule has 1 saturated carbocycles. The average Bonchev–Trinajstić information content (AvgIpc) is 2.05. The lowest BCUT2D eigenvalue weighted by Gasteiger charge is -2.14. The summed E-state index contributed by atoms with van der Waals surface area (Å²) in [5.41, 5.74) is 0. The molecular formula is C8H14O4. The number of carbonyl (C=O) groups excluding carboxylic acids is 1. The first kappa shape index (κ1) is 10.9. The van der Waals surface area contributed by atoms with Gasteiger partial charge in [0.15, 0.2) is 0 Å². The molecule has 4 nitrogen and oxygen atoms in total. The van der Waals surface area contributed by atoms with Crippen LogP contribution < -0.4 is 0 Å². The van der Waals surface area contributed by atoms with Crippen LogP contribution in [0.2, 0.25) is 0 Å². The summed E-state index contributed by atoms with van der Waals surface area (Å²) in [6, 6.07) is 0. The van der Waals surface area contributed by atoms with Gasteiger partial charge < -0.3 is 15.0 Å². The molecule has 1 fully saturated rings. The maximum Gasteiger partial charge on any atom is 0.503 e. The van der Waals surface area contributed by atoms with Crippen molar-refractivity contribution >= 4 is 12.4 Å². The Bertz CT molecular complexity index is 134. The Labute approximate surface area is 71.2 Å². The number of carboxylic acid groups (broad SMARTS) is 2. The van der Waals surface area contributed by atoms with Crippen LogP contribution >= 0.6 is 0 Å². The monoisotopic (exact) mass is 174 g/mol. The van der Waals surface area contributed by atoms with E-state index in [0.29, 0.717) is 5.92 Å². The highest BCUT2D eigenvalue weighted by Crippen LogP contribution is 2.21. The number of hydrogen-bond donors (Lipinski definition) is 2. The van der Waals surface area contributed by atoms with Crippen LogP contribution in [0.3, 0.4) is 0 Å². The van der Waals surface area contributed by atoms with Crippen LogP contribution in [0, 0.1) is 5.92 Å². The third kappa shape index (κ3) is 7.05. The molecule has 12 heavy (non-hydrogen) atoms. The summed E-state index contributed by atoms with van der Waals surface area (Å²) in [5, 5.41) is 13.9. The molecule has 1 aliphatic carbocycles. The zero-order valence-electron chi connectivity index (χ0n) is 6.90. The second-order valence-corrected chi connectivity index (χ2v) is 2.82. The normalized spacial score (nSPS) is 17.3. The number of rotatable bonds is 1. The number of carbonyl (C=O) groups is 2. The molecule has 0 amide bonds. The molecular weight excluding hydrogens is 160 g/mol. The van der Waals surface area contributed by atoms with Gasteiger partial charge in [-0.3, -0.25) is 0 Å². The molecule has 0 heterocycles. The SMILES string of the molecule is O=C(O)O.O=CC1CCCCC1. The largest absolute Gasteiger partial charge is 0.503 e. The summed E-state index contributed by atoms with van der Waals surface area (Å²) < 4.78 is 0. The van der Waals surface area contributed by atoms with Crippen molar-refractivity contribution in [3.63, 3.8) is 0 Å². The topological polar surface area (TPSA) is 74.6 Å². The van der Waals surface area contributed by atoms with Crippen molar-refractivity contribution in [3.8, 4) is 0 Å². The first-order valence-corrected chi connectivity index (χ1v) is 4.04. The lowest BCUT2D eigenvalue weighted by Crippen LogP contribution is -2.06. The van der Waals surface area contributed by atoms with E-state index in [1.807, 2.05) is 0 Å². The summed E-state index contributed by atoms with van der Waals surface area (Å²) in [4.78, 5) is 18.7. The second kappa shape index (κ2) is 6.64. The second-order valence-electron chi connectivity index (χ2n) is 2.82. The van der Waals surface area contributed by atoms with Gasteiger partial charge in [-0.1, -0.05) is 19.3 Å². The van der Waals surface area contributed by atoms with Crippen LogP contribution in [-0.4, -0.2) is 22.7 Å². The lowest BCUT2D eigenvalue weighted by atomic mass is 9.91. The highest BCUT2D eigenvalue weighted by Gasteiger charge is 2.10. The Morgan fingerprint density at radius 2 is 1.58 bits per heavy atom. The predicted octanol–water partition coefficient (Wildman–Crippen LogP) is 1.99. The van der Waals surface area contributed by atoms with Crippen molar-refractivity contribution < 1.29 is 19.8 Å². The lowest BCUT2D eigenvalue weighted by molar-refractivity contribution is -0.111. The van der Waals surface area contributed by atoms with E-state index >= 15 is 0 Å². The van der Waals surface area contributed by atoms with Crippen LogP contribution in [-0.2, 0) is 4.79 Å². The Kier molecular flexibility index (Phi) is 6.05. The van der Waals surface area contributed by atoms with Crippen LogP contribution in [0.25, 0.3) is 0 Å². The van der Waals surface area contributed by atoms with Crippen molar-refractivity contribution in [2.75, 3.05) is 0 Å². The highest BCUT2D eigenvalue weighted by molar-refractivity contribution is 5.53. The summed E-state index contributed by atoms with van der Waals surface area (Å²) >= 11 is 0. The maximum absolute atomic E-state index is 10.2. The van der Waals surface area contributed by atoms with E-state index in [4.69, 9.17) is 15.0 Å². The molecule has 0 bridgehead atoms. The zero-order valence-corrected chi connectivity index (χ0v) is 6.90. The van der Waals surface area contributed by atoms with Crippen molar-refractivity contribution in [2.45, 2.75) is 32.1 Å². The Morgan fingerprint density at radius 1 is 1.17 bits per heavy atom. The molecule has 0 aromatic carbocycles. The molecule has 1 rings (SSSR count). The molecule has 2 N–H and O–H groups in total. The summed E-state index contributed by atoms with van der Waals surface area (Å²) in [6.45, 7) is 0. The molecule has 0 aromatic rings. The van der Waals surface area contributed by atoms with Gasteiger partial charge >= 0.3 is 6.16 Å². The molecule has 0 saturated heterocycles. The van der Waals surface area contributed by atoms with Gasteiger partial charge in [-0.15, -0.1) is 0 Å². The average molecular weight is 174 g/mol. The van der Waals surface area contributed by atoms with Crippen molar-refractivity contribution in [3.05, 3.63) is 0 Å². The van der Waals surface area contributed by atoms with Crippen molar-refractivity contribution in [1.82, 2.24) is 0 Å². The van der Waals surface area contributed by atoms with Gasteiger partial charge in [-0.2, -0.15) is 0 Å². The van der Waals surface area contributed by atoms with Gasteiger partial charge in [0, 0.05) is 5.92 Å². The van der Waals surface area contributed by atoms with E-state index in [1.54, 1.807) is 0 Å². The summed E-state index contributed by atoms with van der Waals surface area (Å²) in [5.74, 6) is 0.406. The van der Waals surface area contributed by atoms with Crippen LogP contribution in [0.1, 0.15) is 32.1 Å². The predicted molar refractivity (Wildman–Crippen MR) is 43.3 cm³/mol. The van der Waals surface area contributed by atoms with Crippen molar-refractivity contribution in [2.24, 2.45) is 5.92 Å².